The Kier molecular flexibility index (Phi) is 5.09. The Bertz CT molecular complexity index is 926. The second-order valence-corrected chi connectivity index (χ2v) is 9.41. The van der Waals surface area contributed by atoms with Gasteiger partial charge in [0, 0.05) is 24.8 Å². The van der Waals surface area contributed by atoms with E-state index in [0.29, 0.717) is 13.0 Å². The standard InChI is InChI=1S/C17H23F3N6O2S/c1-2-12-7-11(24-29(27,28)6-4-17(18,19)20)10-25(12)16-23-9-13-8-22-15-14(26(13)16)3-5-21-15/h3,5,8-9,11-12,14-15,21,24H,2,4,6-7,10H2,1H3/t11-,12+,14?,15?/m0/s1. The zero-order valence-corrected chi connectivity index (χ0v) is 16.6. The summed E-state index contributed by atoms with van der Waals surface area (Å²) in [5, 5.41) is 3.17. The monoisotopic (exact) mass is 432 g/mol. The van der Waals surface area contributed by atoms with Gasteiger partial charge in [-0.2, -0.15) is 13.2 Å². The number of hydrogen-bond acceptors (Lipinski definition) is 6. The van der Waals surface area contributed by atoms with E-state index >= 15 is 0 Å². The van der Waals surface area contributed by atoms with E-state index in [1.165, 1.54) is 0 Å². The van der Waals surface area contributed by atoms with Crippen LogP contribution in [0.1, 0.15) is 37.9 Å². The van der Waals surface area contributed by atoms with E-state index in [1.807, 2.05) is 24.1 Å². The predicted octanol–water partition coefficient (Wildman–Crippen LogP) is 1.53. The maximum Gasteiger partial charge on any atom is 0.390 e. The first kappa shape index (κ1) is 20.2. The molecule has 2 N–H and O–H groups in total. The van der Waals surface area contributed by atoms with Crippen LogP contribution in [0.25, 0.3) is 0 Å². The van der Waals surface area contributed by atoms with E-state index in [-0.39, 0.29) is 18.2 Å². The molecule has 0 amide bonds. The van der Waals surface area contributed by atoms with Gasteiger partial charge >= 0.3 is 6.18 Å². The molecule has 1 saturated heterocycles. The molecule has 3 aliphatic heterocycles. The molecule has 4 heterocycles. The van der Waals surface area contributed by atoms with Crippen molar-refractivity contribution in [2.75, 3.05) is 17.2 Å². The lowest BCUT2D eigenvalue weighted by Crippen LogP contribution is -2.40. The molecule has 0 aliphatic carbocycles. The maximum atomic E-state index is 12.4. The summed E-state index contributed by atoms with van der Waals surface area (Å²) in [7, 11) is -4.02. The van der Waals surface area contributed by atoms with Crippen molar-refractivity contribution in [3.8, 4) is 0 Å². The van der Waals surface area contributed by atoms with Crippen molar-refractivity contribution in [3.05, 3.63) is 24.2 Å². The van der Waals surface area contributed by atoms with Crippen molar-refractivity contribution in [1.82, 2.24) is 19.6 Å². The number of fused-ring (bicyclic) bond motifs is 3. The minimum absolute atomic E-state index is 0.0208. The van der Waals surface area contributed by atoms with E-state index in [1.54, 1.807) is 12.4 Å². The maximum absolute atomic E-state index is 12.4. The first-order chi connectivity index (χ1) is 13.7. The third kappa shape index (κ3) is 4.13. The van der Waals surface area contributed by atoms with Gasteiger partial charge in [-0.05, 0) is 25.1 Å². The Hall–Kier alpha value is -2.08. The minimum Gasteiger partial charge on any atom is -0.368 e. The Balaban J connectivity index is 1.51. The summed E-state index contributed by atoms with van der Waals surface area (Å²) in [5.74, 6) is -0.238. The predicted molar refractivity (Wildman–Crippen MR) is 102 cm³/mol. The molecule has 3 aliphatic rings. The number of nitrogens with zero attached hydrogens (tertiary/aromatic N) is 4. The summed E-state index contributed by atoms with van der Waals surface area (Å²) >= 11 is 0. The van der Waals surface area contributed by atoms with Gasteiger partial charge in [-0.25, -0.2) is 18.1 Å². The van der Waals surface area contributed by atoms with Crippen molar-refractivity contribution < 1.29 is 21.6 Å². The summed E-state index contributed by atoms with van der Waals surface area (Å²) in [6.07, 6.45) is 2.66. The molecule has 4 rings (SSSR count). The number of imidazole rings is 1. The highest BCUT2D eigenvalue weighted by Crippen LogP contribution is 2.34. The average molecular weight is 432 g/mol. The highest BCUT2D eigenvalue weighted by Gasteiger charge is 2.39. The smallest absolute Gasteiger partial charge is 0.368 e. The molecule has 1 aromatic rings. The third-order valence-corrected chi connectivity index (χ3v) is 6.93. The summed E-state index contributed by atoms with van der Waals surface area (Å²) in [6.45, 7) is 2.35. The molecule has 0 radical (unpaired) electrons. The molecular weight excluding hydrogens is 409 g/mol. The van der Waals surface area contributed by atoms with Gasteiger partial charge in [0.05, 0.1) is 30.1 Å². The summed E-state index contributed by atoms with van der Waals surface area (Å²) in [6, 6.07) is -0.448. The second-order valence-electron chi connectivity index (χ2n) is 7.54. The van der Waals surface area contributed by atoms with Crippen LogP contribution >= 0.6 is 0 Å². The zero-order valence-electron chi connectivity index (χ0n) is 15.8. The molecule has 0 bridgehead atoms. The first-order valence-corrected chi connectivity index (χ1v) is 11.2. The van der Waals surface area contributed by atoms with E-state index in [0.717, 1.165) is 18.1 Å². The molecule has 0 saturated carbocycles. The highest BCUT2D eigenvalue weighted by molar-refractivity contribution is 7.89. The van der Waals surface area contributed by atoms with Gasteiger partial charge in [-0.1, -0.05) is 6.92 Å². The van der Waals surface area contributed by atoms with Crippen LogP contribution in [-0.4, -0.2) is 60.9 Å². The van der Waals surface area contributed by atoms with E-state index < -0.39 is 34.4 Å². The molecule has 12 heteroatoms. The van der Waals surface area contributed by atoms with Gasteiger partial charge in [-0.3, -0.25) is 9.56 Å². The van der Waals surface area contributed by atoms with Crippen LogP contribution in [0.4, 0.5) is 19.1 Å². The first-order valence-electron chi connectivity index (χ1n) is 9.53. The number of aromatic nitrogens is 2. The number of hydrogen-bond donors (Lipinski definition) is 2. The van der Waals surface area contributed by atoms with E-state index in [4.69, 9.17) is 0 Å². The normalized spacial score (nSPS) is 28.5. The number of halogens is 3. The molecule has 4 atom stereocenters. The van der Waals surface area contributed by atoms with Gasteiger partial charge < -0.3 is 10.2 Å². The zero-order chi connectivity index (χ0) is 20.8. The van der Waals surface area contributed by atoms with Crippen LogP contribution in [0, 0.1) is 0 Å². The summed E-state index contributed by atoms with van der Waals surface area (Å²) in [4.78, 5) is 11.0. The van der Waals surface area contributed by atoms with Crippen molar-refractivity contribution in [1.29, 1.82) is 0 Å². The molecule has 0 spiro atoms. The van der Waals surface area contributed by atoms with E-state index in [2.05, 4.69) is 24.6 Å². The lowest BCUT2D eigenvalue weighted by atomic mass is 10.1. The van der Waals surface area contributed by atoms with Gasteiger partial charge in [0.15, 0.2) is 0 Å². The number of rotatable bonds is 6. The molecule has 160 valence electrons. The average Bonchev–Trinajstić information content (AvgIpc) is 3.35. The van der Waals surface area contributed by atoms with Crippen LogP contribution in [0.15, 0.2) is 23.5 Å². The minimum atomic E-state index is -4.50. The van der Waals surface area contributed by atoms with Gasteiger partial charge in [-0.15, -0.1) is 0 Å². The lowest BCUT2D eigenvalue weighted by Gasteiger charge is -2.30. The van der Waals surface area contributed by atoms with E-state index in [9.17, 15) is 21.6 Å². The topological polar surface area (TPSA) is 91.6 Å². The van der Waals surface area contributed by atoms with Gasteiger partial charge in [0.25, 0.3) is 0 Å². The number of alkyl halides is 3. The largest absolute Gasteiger partial charge is 0.390 e. The Labute approximate surface area is 166 Å². The highest BCUT2D eigenvalue weighted by atomic mass is 32.2. The van der Waals surface area contributed by atoms with Gasteiger partial charge in [0.1, 0.15) is 6.17 Å². The van der Waals surface area contributed by atoms with Crippen molar-refractivity contribution in [2.45, 2.75) is 56.7 Å². The second kappa shape index (κ2) is 7.31. The summed E-state index contributed by atoms with van der Waals surface area (Å²) < 4.78 is 66.0. The Morgan fingerprint density at radius 3 is 2.90 bits per heavy atom. The fraction of sp³-hybridized carbons (Fsp3) is 0.647. The van der Waals surface area contributed by atoms with Crippen LogP contribution in [-0.2, 0) is 10.0 Å². The summed E-state index contributed by atoms with van der Waals surface area (Å²) in [5.41, 5.74) is 0.860. The fourth-order valence-electron chi connectivity index (χ4n) is 4.15. The van der Waals surface area contributed by atoms with Crippen LogP contribution in [0.5, 0.6) is 0 Å². The SMILES string of the molecule is CC[C@@H]1C[C@H](NS(=O)(=O)CCC(F)(F)F)CN1c1ncc2n1C1C=CNC1N=C2. The van der Waals surface area contributed by atoms with Crippen LogP contribution < -0.4 is 14.9 Å². The molecule has 1 fully saturated rings. The van der Waals surface area contributed by atoms with Crippen molar-refractivity contribution >= 4 is 22.2 Å². The lowest BCUT2D eigenvalue weighted by molar-refractivity contribution is -0.130. The molecule has 0 aromatic carbocycles. The van der Waals surface area contributed by atoms with Crippen LogP contribution in [0.2, 0.25) is 0 Å². The number of sulfonamides is 1. The number of aliphatic imine (C=N–C) groups is 1. The van der Waals surface area contributed by atoms with Crippen molar-refractivity contribution in [3.63, 3.8) is 0 Å². The van der Waals surface area contributed by atoms with Crippen LogP contribution in [0.3, 0.4) is 0 Å². The van der Waals surface area contributed by atoms with Gasteiger partial charge in [0.2, 0.25) is 16.0 Å². The molecule has 29 heavy (non-hydrogen) atoms. The molecule has 2 unspecified atom stereocenters. The fourth-order valence-corrected chi connectivity index (χ4v) is 5.44. The number of anilines is 1. The molecular formula is C17H23F3N6O2S. The van der Waals surface area contributed by atoms with Crippen molar-refractivity contribution in [2.24, 2.45) is 4.99 Å². The molecule has 8 nitrogen and oxygen atoms in total. The Morgan fingerprint density at radius 2 is 2.17 bits per heavy atom. The number of nitrogens with one attached hydrogen (secondary N) is 2. The third-order valence-electron chi connectivity index (χ3n) is 5.50. The quantitative estimate of drug-likeness (QED) is 0.712. The molecule has 1 aromatic heterocycles. The Morgan fingerprint density at radius 1 is 1.38 bits per heavy atom.